The van der Waals surface area contributed by atoms with Gasteiger partial charge in [0.15, 0.2) is 0 Å². The molecule has 1 atom stereocenters. The molecule has 0 saturated carbocycles. The van der Waals surface area contributed by atoms with Crippen LogP contribution in [0.25, 0.3) is 0 Å². The summed E-state index contributed by atoms with van der Waals surface area (Å²) < 4.78 is 11.0. The molecule has 0 aliphatic carbocycles. The molecule has 0 aliphatic heterocycles. The third kappa shape index (κ3) is 1.55. The summed E-state index contributed by atoms with van der Waals surface area (Å²) in [5.74, 6) is 3.31. The Labute approximate surface area is 60.0 Å². The summed E-state index contributed by atoms with van der Waals surface area (Å²) in [6.45, 7) is 0. The Morgan fingerprint density at radius 2 is 2.40 bits per heavy atom. The number of aromatic nitrogens is 1. The van der Waals surface area contributed by atoms with Crippen LogP contribution in [0, 0.1) is 0 Å². The Hall–Kier alpha value is -0.870. The van der Waals surface area contributed by atoms with Crippen molar-refractivity contribution in [3.8, 4) is 0 Å². The predicted molar refractivity (Wildman–Crippen MR) is 42.0 cm³/mol. The van der Waals surface area contributed by atoms with Crippen LogP contribution in [0.1, 0.15) is 0 Å². The molecule has 1 unspecified atom stereocenters. The van der Waals surface area contributed by atoms with Crippen LogP contribution < -0.4 is 5.14 Å². The van der Waals surface area contributed by atoms with Gasteiger partial charge in [0.25, 0.3) is 0 Å². The average molecular weight is 156 g/mol. The van der Waals surface area contributed by atoms with Gasteiger partial charge in [0.2, 0.25) is 0 Å². The molecule has 0 bridgehead atoms. The van der Waals surface area contributed by atoms with E-state index in [4.69, 9.17) is 5.14 Å². The maximum Gasteiger partial charge on any atom is 0.0625 e. The van der Waals surface area contributed by atoms with Gasteiger partial charge < -0.3 is 0 Å². The number of hydrogen-bond donors (Lipinski definition) is 1. The van der Waals surface area contributed by atoms with E-state index in [0.717, 1.165) is 0 Å². The van der Waals surface area contributed by atoms with Crippen LogP contribution >= 0.6 is 0 Å². The van der Waals surface area contributed by atoms with Gasteiger partial charge in [0.1, 0.15) is 0 Å². The lowest BCUT2D eigenvalue weighted by Crippen LogP contribution is -2.11. The maximum absolute atomic E-state index is 11.0. The van der Waals surface area contributed by atoms with Crippen molar-refractivity contribution in [3.63, 3.8) is 0 Å². The smallest absolute Gasteiger partial charge is 0.0625 e. The van der Waals surface area contributed by atoms with Crippen LogP contribution in [0.15, 0.2) is 29.4 Å². The minimum absolute atomic E-state index is 0.481. The Bertz CT molecular complexity index is 304. The van der Waals surface area contributed by atoms with Gasteiger partial charge in [-0.25, -0.2) is 4.21 Å². The summed E-state index contributed by atoms with van der Waals surface area (Å²) in [5.41, 5.74) is 0. The molecule has 1 heterocycles. The molecule has 0 saturated heterocycles. The standard InChI is InChI=1S/C6H8N2OS/c1-10(7,9)6-3-2-4-8-5-6/h2-5H,1H2,(H2,7,9). The van der Waals surface area contributed by atoms with Gasteiger partial charge in [-0.1, -0.05) is 0 Å². The van der Waals surface area contributed by atoms with Crippen LogP contribution in [0.2, 0.25) is 0 Å². The molecule has 10 heavy (non-hydrogen) atoms. The third-order valence-electron chi connectivity index (χ3n) is 1.03. The fraction of sp³-hybridized carbons (Fsp3) is 0. The number of pyridine rings is 1. The summed E-state index contributed by atoms with van der Waals surface area (Å²) in [6.07, 6.45) is 3.05. The molecule has 0 fully saturated rings. The van der Waals surface area contributed by atoms with Crippen molar-refractivity contribution in [3.05, 3.63) is 24.5 Å². The highest BCUT2D eigenvalue weighted by atomic mass is 32.2. The van der Waals surface area contributed by atoms with Crippen molar-refractivity contribution in [2.24, 2.45) is 5.14 Å². The molecule has 4 heteroatoms. The fourth-order valence-corrected chi connectivity index (χ4v) is 1.10. The topological polar surface area (TPSA) is 56.0 Å². The molecule has 0 radical (unpaired) electrons. The van der Waals surface area contributed by atoms with Gasteiger partial charge in [0, 0.05) is 12.4 Å². The molecule has 54 valence electrons. The fourth-order valence-electron chi connectivity index (χ4n) is 0.551. The zero-order chi connectivity index (χ0) is 7.61. The average Bonchev–Trinajstić information content (AvgIpc) is 1.88. The van der Waals surface area contributed by atoms with E-state index >= 15 is 0 Å². The first kappa shape index (κ1) is 7.24. The molecule has 1 aromatic rings. The molecule has 0 spiro atoms. The van der Waals surface area contributed by atoms with Crippen molar-refractivity contribution in [2.75, 3.05) is 0 Å². The van der Waals surface area contributed by atoms with Crippen LogP contribution in [-0.2, 0) is 9.71 Å². The van der Waals surface area contributed by atoms with Crippen LogP contribution in [0.3, 0.4) is 0 Å². The lowest BCUT2D eigenvalue weighted by atomic mass is 10.5. The van der Waals surface area contributed by atoms with Gasteiger partial charge in [-0.15, -0.1) is 0 Å². The van der Waals surface area contributed by atoms with Gasteiger partial charge in [0.05, 0.1) is 14.6 Å². The minimum Gasteiger partial charge on any atom is -0.263 e. The third-order valence-corrected chi connectivity index (χ3v) is 2.07. The van der Waals surface area contributed by atoms with E-state index in [1.807, 2.05) is 0 Å². The molecular weight excluding hydrogens is 148 g/mol. The number of nitrogens with two attached hydrogens (primary N) is 1. The predicted octanol–water partition coefficient (Wildman–Crippen LogP) is 0.0306. The largest absolute Gasteiger partial charge is 0.263 e. The van der Waals surface area contributed by atoms with Gasteiger partial charge in [-0.2, -0.15) is 0 Å². The summed E-state index contributed by atoms with van der Waals surface area (Å²) in [6, 6.07) is 3.31. The Balaban J connectivity index is 3.22. The zero-order valence-electron chi connectivity index (χ0n) is 5.36. The highest BCUT2D eigenvalue weighted by Crippen LogP contribution is 2.00. The van der Waals surface area contributed by atoms with E-state index in [0.29, 0.717) is 4.90 Å². The zero-order valence-corrected chi connectivity index (χ0v) is 6.17. The second-order valence-electron chi connectivity index (χ2n) is 1.91. The number of rotatable bonds is 1. The highest BCUT2D eigenvalue weighted by molar-refractivity contribution is 7.98. The molecule has 0 aromatic carbocycles. The second kappa shape index (κ2) is 2.40. The molecule has 3 nitrogen and oxygen atoms in total. The summed E-state index contributed by atoms with van der Waals surface area (Å²) in [5, 5.41) is 5.23. The second-order valence-corrected chi connectivity index (χ2v) is 3.84. The van der Waals surface area contributed by atoms with E-state index in [9.17, 15) is 4.21 Å². The SMILES string of the molecule is C=S(N)(=O)c1cccnc1. The van der Waals surface area contributed by atoms with Crippen molar-refractivity contribution in [1.82, 2.24) is 4.98 Å². The summed E-state index contributed by atoms with van der Waals surface area (Å²) in [4.78, 5) is 4.23. The number of nitrogens with zero attached hydrogens (tertiary/aromatic N) is 1. The van der Waals surface area contributed by atoms with Crippen LogP contribution in [0.5, 0.6) is 0 Å². The first-order chi connectivity index (χ1) is 4.61. The van der Waals surface area contributed by atoms with E-state index in [2.05, 4.69) is 10.9 Å². The van der Waals surface area contributed by atoms with Crippen molar-refractivity contribution >= 4 is 15.6 Å². The van der Waals surface area contributed by atoms with Gasteiger partial charge >= 0.3 is 0 Å². The van der Waals surface area contributed by atoms with Gasteiger partial charge in [-0.3, -0.25) is 10.1 Å². The molecule has 1 rings (SSSR count). The Kier molecular flexibility index (Phi) is 1.74. The van der Waals surface area contributed by atoms with Crippen LogP contribution in [-0.4, -0.2) is 15.1 Å². The van der Waals surface area contributed by atoms with Crippen molar-refractivity contribution in [2.45, 2.75) is 4.90 Å². The normalized spacial score (nSPS) is 16.1. The van der Waals surface area contributed by atoms with Crippen molar-refractivity contribution < 1.29 is 4.21 Å². The Morgan fingerprint density at radius 1 is 1.70 bits per heavy atom. The lowest BCUT2D eigenvalue weighted by Gasteiger charge is -1.98. The molecule has 1 aromatic heterocycles. The van der Waals surface area contributed by atoms with E-state index in [-0.39, 0.29) is 0 Å². The van der Waals surface area contributed by atoms with Crippen molar-refractivity contribution in [1.29, 1.82) is 0 Å². The van der Waals surface area contributed by atoms with Crippen LogP contribution in [0.4, 0.5) is 0 Å². The van der Waals surface area contributed by atoms with E-state index in [1.54, 1.807) is 18.3 Å². The lowest BCUT2D eigenvalue weighted by molar-refractivity contribution is 0.682. The molecular formula is C6H8N2OS. The monoisotopic (exact) mass is 156 g/mol. The Morgan fingerprint density at radius 3 is 2.70 bits per heavy atom. The minimum atomic E-state index is -2.57. The molecule has 2 N–H and O–H groups in total. The molecule has 0 aliphatic rings. The maximum atomic E-state index is 11.0. The number of hydrogen-bond acceptors (Lipinski definition) is 2. The first-order valence-corrected chi connectivity index (χ1v) is 4.45. The van der Waals surface area contributed by atoms with E-state index < -0.39 is 9.71 Å². The van der Waals surface area contributed by atoms with E-state index in [1.165, 1.54) is 6.20 Å². The van der Waals surface area contributed by atoms with Gasteiger partial charge in [-0.05, 0) is 18.0 Å². The first-order valence-electron chi connectivity index (χ1n) is 2.66. The highest BCUT2D eigenvalue weighted by Gasteiger charge is 1.97. The quantitative estimate of drug-likeness (QED) is 0.583. The molecule has 0 amide bonds. The summed E-state index contributed by atoms with van der Waals surface area (Å²) >= 11 is 0. The summed E-state index contributed by atoms with van der Waals surface area (Å²) in [7, 11) is -2.57.